The fourth-order valence-electron chi connectivity index (χ4n) is 8.29. The molecule has 1 spiro atoms. The van der Waals surface area contributed by atoms with E-state index < -0.39 is 21.7 Å². The number of benzene rings is 2. The van der Waals surface area contributed by atoms with Crippen LogP contribution in [0.1, 0.15) is 68.8 Å². The van der Waals surface area contributed by atoms with Crippen molar-refractivity contribution >= 4 is 39.2 Å². The van der Waals surface area contributed by atoms with Crippen LogP contribution in [0.3, 0.4) is 0 Å². The maximum absolute atomic E-state index is 14.4. The van der Waals surface area contributed by atoms with Gasteiger partial charge in [0, 0.05) is 44.2 Å². The molecule has 12 heteroatoms. The molecular weight excluding hydrogens is 685 g/mol. The van der Waals surface area contributed by atoms with Gasteiger partial charge in [0.25, 0.3) is 11.8 Å². The number of thioether (sulfide) groups is 1. The number of aromatic nitrogens is 1. The van der Waals surface area contributed by atoms with Crippen LogP contribution in [-0.2, 0) is 43.7 Å². The number of carbonyl (C=O) groups is 2. The van der Waals surface area contributed by atoms with Crippen LogP contribution in [0.5, 0.6) is 5.75 Å². The molecule has 0 unspecified atom stereocenters. The van der Waals surface area contributed by atoms with Gasteiger partial charge in [-0.15, -0.1) is 16.1 Å². The molecule has 4 aliphatic heterocycles. The van der Waals surface area contributed by atoms with Gasteiger partial charge in [0.2, 0.25) is 0 Å². The van der Waals surface area contributed by atoms with Crippen molar-refractivity contribution in [1.82, 2.24) is 9.29 Å². The number of amides is 2. The smallest absolute Gasteiger partial charge is 0.286 e. The van der Waals surface area contributed by atoms with E-state index in [2.05, 4.69) is 51.3 Å². The molecule has 1 aromatic heterocycles. The molecule has 51 heavy (non-hydrogen) atoms. The van der Waals surface area contributed by atoms with Crippen molar-refractivity contribution in [2.75, 3.05) is 49.8 Å². The second-order valence-electron chi connectivity index (χ2n) is 14.5. The van der Waals surface area contributed by atoms with E-state index >= 15 is 0 Å². The lowest BCUT2D eigenvalue weighted by molar-refractivity contribution is 0.0134. The van der Waals surface area contributed by atoms with Crippen molar-refractivity contribution in [3.05, 3.63) is 94.3 Å². The Balaban J connectivity index is 1.17. The molecule has 5 atom stereocenters. The quantitative estimate of drug-likeness (QED) is 0.324. The molecule has 5 heterocycles. The largest absolute Gasteiger partial charge is 0.490 e. The third kappa shape index (κ3) is 6.88. The summed E-state index contributed by atoms with van der Waals surface area (Å²) in [4.78, 5) is 29.9. The molecule has 0 saturated heterocycles. The van der Waals surface area contributed by atoms with Gasteiger partial charge in [0.15, 0.2) is 0 Å². The minimum Gasteiger partial charge on any atom is -0.490 e. The topological polar surface area (TPSA) is 111 Å². The number of hydrogen-bond donors (Lipinski definition) is 1. The highest BCUT2D eigenvalue weighted by Crippen LogP contribution is 2.49. The number of aryl methyl sites for hydroxylation is 2. The van der Waals surface area contributed by atoms with Crippen molar-refractivity contribution in [3.8, 4) is 5.75 Å². The van der Waals surface area contributed by atoms with Gasteiger partial charge in [0.1, 0.15) is 22.3 Å². The Labute approximate surface area is 304 Å². The summed E-state index contributed by atoms with van der Waals surface area (Å²) in [5.41, 5.74) is 6.37. The highest BCUT2D eigenvalue weighted by Gasteiger charge is 2.45. The highest BCUT2D eigenvalue weighted by molar-refractivity contribution is 8.00. The molecule has 5 aliphatic rings. The Morgan fingerprint density at radius 2 is 2.08 bits per heavy atom. The number of methoxy groups -OCH3 is 1. The van der Waals surface area contributed by atoms with Gasteiger partial charge in [-0.2, -0.15) is 0 Å². The molecular formula is C39H46N4O6S2. The lowest BCUT2D eigenvalue weighted by Crippen LogP contribution is -2.48. The van der Waals surface area contributed by atoms with Crippen molar-refractivity contribution in [2.24, 2.45) is 16.2 Å². The summed E-state index contributed by atoms with van der Waals surface area (Å²) in [5, 5.41) is 0. The lowest BCUT2D eigenvalue weighted by atomic mass is 9.70. The first-order valence-corrected chi connectivity index (χ1v) is 20.7. The first-order chi connectivity index (χ1) is 24.7. The Morgan fingerprint density at radius 1 is 1.18 bits per heavy atom. The van der Waals surface area contributed by atoms with E-state index in [9.17, 15) is 13.8 Å². The van der Waals surface area contributed by atoms with Crippen LogP contribution in [0.2, 0.25) is 0 Å². The first kappa shape index (κ1) is 34.5. The van der Waals surface area contributed by atoms with Crippen molar-refractivity contribution < 1.29 is 28.0 Å². The third-order valence-corrected chi connectivity index (χ3v) is 14.4. The maximum Gasteiger partial charge on any atom is 0.286 e. The van der Waals surface area contributed by atoms with E-state index in [4.69, 9.17) is 14.2 Å². The number of carbonyl (C=O) groups excluding carboxylic acids is 2. The highest BCUT2D eigenvalue weighted by atomic mass is 32.2. The predicted octanol–water partition coefficient (Wildman–Crippen LogP) is 6.05. The van der Waals surface area contributed by atoms with Crippen LogP contribution >= 0.6 is 11.8 Å². The average molecular weight is 731 g/mol. The Hall–Kier alpha value is -3.58. The minimum absolute atomic E-state index is 0.0346. The van der Waals surface area contributed by atoms with Crippen LogP contribution in [0.15, 0.2) is 65.2 Å². The second-order valence-corrected chi connectivity index (χ2v) is 18.1. The number of ether oxygens (including phenoxy) is 3. The van der Waals surface area contributed by atoms with Gasteiger partial charge < -0.3 is 23.7 Å². The molecule has 8 rings (SSSR count). The summed E-state index contributed by atoms with van der Waals surface area (Å²) in [6, 6.07) is 13.9. The fraction of sp³-hybridized carbons (Fsp3) is 0.487. The molecule has 2 amide bonds. The second kappa shape index (κ2) is 14.1. The number of rotatable bonds is 3. The normalized spacial score (nSPS) is 29.6. The van der Waals surface area contributed by atoms with E-state index in [1.54, 1.807) is 25.4 Å². The molecule has 0 radical (unpaired) electrons. The number of allylic oxidation sites excluding steroid dienone is 1. The van der Waals surface area contributed by atoms with Gasteiger partial charge in [-0.05, 0) is 92.0 Å². The summed E-state index contributed by atoms with van der Waals surface area (Å²) >= 11 is 1.96. The van der Waals surface area contributed by atoms with Crippen molar-refractivity contribution in [3.63, 3.8) is 0 Å². The van der Waals surface area contributed by atoms with Gasteiger partial charge in [0.05, 0.1) is 41.1 Å². The number of anilines is 1. The Morgan fingerprint density at radius 3 is 2.90 bits per heavy atom. The molecule has 1 fully saturated rings. The molecule has 3 aromatic rings. The van der Waals surface area contributed by atoms with Gasteiger partial charge in [-0.1, -0.05) is 35.9 Å². The van der Waals surface area contributed by atoms with Crippen LogP contribution < -0.4 is 14.4 Å². The van der Waals surface area contributed by atoms with E-state index in [-0.39, 0.29) is 16.6 Å². The third-order valence-electron chi connectivity index (χ3n) is 11.2. The molecule has 1 saturated carbocycles. The van der Waals surface area contributed by atoms with Gasteiger partial charge in [-0.3, -0.25) is 14.3 Å². The molecule has 1 N–H and O–H groups in total. The number of nitrogens with one attached hydrogen (secondary N) is 1. The number of nitrogens with zero attached hydrogens (tertiary/aromatic N) is 3. The zero-order valence-corrected chi connectivity index (χ0v) is 30.9. The Bertz CT molecular complexity index is 1980. The van der Waals surface area contributed by atoms with Crippen molar-refractivity contribution in [2.45, 2.75) is 63.0 Å². The summed E-state index contributed by atoms with van der Waals surface area (Å²) < 4.78 is 41.3. The zero-order chi connectivity index (χ0) is 35.2. The molecule has 2 aromatic carbocycles. The molecule has 1 aliphatic carbocycles. The lowest BCUT2D eigenvalue weighted by Gasteiger charge is -2.45. The van der Waals surface area contributed by atoms with Crippen LogP contribution in [0.25, 0.3) is 0 Å². The van der Waals surface area contributed by atoms with E-state index in [1.165, 1.54) is 16.7 Å². The van der Waals surface area contributed by atoms with E-state index in [0.717, 1.165) is 55.2 Å². The Kier molecular flexibility index (Phi) is 9.54. The average Bonchev–Trinajstić information content (AvgIpc) is 3.49. The first-order valence-electron chi connectivity index (χ1n) is 18.1. The standard InChI is InChI=1S/C39H46N4O6S2/c1-26-7-11-33-27(18-26)13-16-50-39(33)24-43-21-29-8-10-32(29)35(47-2)6-4-3-5-17-51(46,40-37(44)28-9-12-36(49-25-39)34(43)20-28)41-38(45)30-19-31-23-48-15-14-42(31)22-30/h4,6-7,9,11-12,18-20,22,29,32,35H,3,5,8,10,13-17,21,23-25H2,1-2H3,(H,40,41,44,45,46)/b6-4+/t29-,32+,35-,39+,51-/m0/s1. The maximum atomic E-state index is 14.4. The molecule has 10 nitrogen and oxygen atoms in total. The van der Waals surface area contributed by atoms with E-state index in [0.29, 0.717) is 62.2 Å². The van der Waals surface area contributed by atoms with Crippen LogP contribution in [0.4, 0.5) is 5.69 Å². The van der Waals surface area contributed by atoms with Crippen LogP contribution in [0, 0.1) is 18.8 Å². The zero-order valence-electron chi connectivity index (χ0n) is 29.3. The number of hydrogen-bond acceptors (Lipinski definition) is 8. The van der Waals surface area contributed by atoms with Gasteiger partial charge >= 0.3 is 0 Å². The predicted molar refractivity (Wildman–Crippen MR) is 200 cm³/mol. The SMILES string of the molecule is CO[C@H]1/C=C/CCC[S@@](=O)(NC(=O)c2cc3n(c2)CCOC3)=NC(=O)c2ccc3c(c2)N(C[C@@H]2CC[C@H]21)C[C@]1(CO3)SCCc2cc(C)ccc21. The molecule has 270 valence electrons. The molecule has 2 bridgehead atoms. The monoisotopic (exact) mass is 730 g/mol. The summed E-state index contributed by atoms with van der Waals surface area (Å²) in [6.45, 7) is 5.81. The van der Waals surface area contributed by atoms with Crippen molar-refractivity contribution in [1.29, 1.82) is 0 Å². The summed E-state index contributed by atoms with van der Waals surface area (Å²) in [7, 11) is -1.70. The summed E-state index contributed by atoms with van der Waals surface area (Å²) in [6.07, 6.45) is 10.2. The van der Waals surface area contributed by atoms with E-state index in [1.807, 2.05) is 28.5 Å². The van der Waals surface area contributed by atoms with Crippen LogP contribution in [-0.4, -0.2) is 71.6 Å². The fourth-order valence-corrected chi connectivity index (χ4v) is 11.3. The van der Waals surface area contributed by atoms with Gasteiger partial charge in [-0.25, -0.2) is 4.21 Å². The minimum atomic E-state index is -3.47. The number of fused-ring (bicyclic) bond motifs is 5. The summed E-state index contributed by atoms with van der Waals surface area (Å²) in [5.74, 6) is 1.39.